The second-order valence-corrected chi connectivity index (χ2v) is 5.29. The maximum Gasteiger partial charge on any atom is 0.324 e. The van der Waals surface area contributed by atoms with Crippen LogP contribution in [0.1, 0.15) is 21.5 Å². The van der Waals surface area contributed by atoms with Crippen LogP contribution in [0.2, 0.25) is 0 Å². The van der Waals surface area contributed by atoms with E-state index >= 15 is 0 Å². The van der Waals surface area contributed by atoms with Crippen LogP contribution in [0, 0.1) is 22.9 Å². The first-order valence-electron chi connectivity index (χ1n) is 5.94. The Bertz CT molecular complexity index is 715. The molecule has 0 radical (unpaired) electrons. The average molecular weight is 309 g/mol. The molecule has 6 nitrogen and oxygen atoms in total. The molecule has 1 aromatic carbocycles. The summed E-state index contributed by atoms with van der Waals surface area (Å²) in [5.74, 6) is -1.26. The fourth-order valence-electron chi connectivity index (χ4n) is 1.75. The fourth-order valence-corrected chi connectivity index (χ4v) is 2.48. The summed E-state index contributed by atoms with van der Waals surface area (Å²) >= 11 is 1.02. The number of rotatable bonds is 5. The molecule has 1 heterocycles. The highest BCUT2D eigenvalue weighted by atomic mass is 32.1. The number of hydrogen-bond donors (Lipinski definition) is 2. The van der Waals surface area contributed by atoms with Crippen molar-refractivity contribution in [1.29, 1.82) is 0 Å². The van der Waals surface area contributed by atoms with Gasteiger partial charge in [0.05, 0.1) is 4.92 Å². The number of nitrogens with zero attached hydrogens (tertiary/aromatic N) is 1. The Morgan fingerprint density at radius 2 is 2.19 bits per heavy atom. The van der Waals surface area contributed by atoms with Gasteiger partial charge in [-0.15, -0.1) is 0 Å². The Labute approximate surface area is 123 Å². The molecule has 0 aliphatic rings. The van der Waals surface area contributed by atoms with Gasteiger partial charge in [0.15, 0.2) is 0 Å². The number of carbonyl (C=O) groups is 1. The summed E-state index contributed by atoms with van der Waals surface area (Å²) in [5.41, 5.74) is 6.69. The first-order chi connectivity index (χ1) is 9.88. The van der Waals surface area contributed by atoms with Crippen molar-refractivity contribution in [2.45, 2.75) is 13.5 Å². The predicted octanol–water partition coefficient (Wildman–Crippen LogP) is 2.81. The minimum absolute atomic E-state index is 0.0422. The van der Waals surface area contributed by atoms with Gasteiger partial charge in [-0.3, -0.25) is 14.9 Å². The van der Waals surface area contributed by atoms with Crippen LogP contribution in [0.4, 0.5) is 15.1 Å². The van der Waals surface area contributed by atoms with Gasteiger partial charge in [0.1, 0.15) is 5.82 Å². The van der Waals surface area contributed by atoms with Gasteiger partial charge in [0, 0.05) is 34.8 Å². The van der Waals surface area contributed by atoms with Crippen molar-refractivity contribution < 1.29 is 14.1 Å². The molecule has 1 aromatic heterocycles. The molecule has 21 heavy (non-hydrogen) atoms. The van der Waals surface area contributed by atoms with Gasteiger partial charge in [-0.1, -0.05) is 11.3 Å². The summed E-state index contributed by atoms with van der Waals surface area (Å²) in [6.07, 6.45) is 0. The lowest BCUT2D eigenvalue weighted by Gasteiger charge is -2.11. The fraction of sp³-hybridized carbons (Fsp3) is 0.154. The summed E-state index contributed by atoms with van der Waals surface area (Å²) in [6, 6.07) is 3.99. The molecule has 2 aromatic rings. The van der Waals surface area contributed by atoms with Crippen molar-refractivity contribution in [3.63, 3.8) is 0 Å². The predicted molar refractivity (Wildman–Crippen MR) is 78.0 cm³/mol. The summed E-state index contributed by atoms with van der Waals surface area (Å²) in [4.78, 5) is 21.3. The van der Waals surface area contributed by atoms with Crippen molar-refractivity contribution in [2.75, 3.05) is 5.32 Å². The van der Waals surface area contributed by atoms with Crippen LogP contribution >= 0.6 is 11.3 Å². The second kappa shape index (κ2) is 5.88. The molecule has 0 bridgehead atoms. The molecule has 0 fully saturated rings. The van der Waals surface area contributed by atoms with Gasteiger partial charge in [-0.05, 0) is 24.6 Å². The highest BCUT2D eigenvalue weighted by Gasteiger charge is 2.12. The Kier molecular flexibility index (Phi) is 4.18. The van der Waals surface area contributed by atoms with Crippen LogP contribution in [0.5, 0.6) is 0 Å². The average Bonchev–Trinajstić information content (AvgIpc) is 2.89. The van der Waals surface area contributed by atoms with E-state index in [0.29, 0.717) is 16.8 Å². The third-order valence-corrected chi connectivity index (χ3v) is 3.86. The lowest BCUT2D eigenvalue weighted by Crippen LogP contribution is -2.13. The van der Waals surface area contributed by atoms with E-state index in [1.54, 1.807) is 12.3 Å². The van der Waals surface area contributed by atoms with Crippen LogP contribution < -0.4 is 11.1 Å². The molecule has 0 saturated heterocycles. The Morgan fingerprint density at radius 1 is 1.48 bits per heavy atom. The lowest BCUT2D eigenvalue weighted by atomic mass is 10.1. The van der Waals surface area contributed by atoms with Crippen molar-refractivity contribution in [2.24, 2.45) is 5.73 Å². The number of primary amides is 1. The van der Waals surface area contributed by atoms with Crippen molar-refractivity contribution >= 4 is 27.9 Å². The topological polar surface area (TPSA) is 98.3 Å². The highest BCUT2D eigenvalue weighted by molar-refractivity contribution is 7.13. The maximum absolute atomic E-state index is 13.7. The first-order valence-corrected chi connectivity index (χ1v) is 6.82. The van der Waals surface area contributed by atoms with Gasteiger partial charge < -0.3 is 11.1 Å². The van der Waals surface area contributed by atoms with Crippen molar-refractivity contribution in [3.05, 3.63) is 56.2 Å². The van der Waals surface area contributed by atoms with E-state index in [4.69, 9.17) is 5.73 Å². The van der Waals surface area contributed by atoms with Crippen molar-refractivity contribution in [1.82, 2.24) is 0 Å². The molecule has 2 rings (SSSR count). The van der Waals surface area contributed by atoms with Gasteiger partial charge in [0.25, 0.3) is 0 Å². The molecule has 0 aliphatic heterocycles. The number of carbonyl (C=O) groups excluding carboxylic acids is 1. The van der Waals surface area contributed by atoms with E-state index in [0.717, 1.165) is 17.4 Å². The van der Waals surface area contributed by atoms with E-state index in [2.05, 4.69) is 5.32 Å². The quantitative estimate of drug-likeness (QED) is 0.655. The molecule has 0 spiro atoms. The van der Waals surface area contributed by atoms with E-state index in [1.165, 1.54) is 12.1 Å². The number of nitro groups is 1. The SMILES string of the molecule is Cc1c(F)cc(C(N)=O)cc1NCc1csc([N+](=O)[O-])c1. The Balaban J connectivity index is 2.18. The number of benzene rings is 1. The Morgan fingerprint density at radius 3 is 2.76 bits per heavy atom. The molecule has 3 N–H and O–H groups in total. The van der Waals surface area contributed by atoms with E-state index in [1.807, 2.05) is 0 Å². The van der Waals surface area contributed by atoms with Crippen LogP contribution in [0.3, 0.4) is 0 Å². The Hall–Kier alpha value is -2.48. The van der Waals surface area contributed by atoms with E-state index in [-0.39, 0.29) is 17.1 Å². The van der Waals surface area contributed by atoms with Crippen LogP contribution in [-0.4, -0.2) is 10.8 Å². The van der Waals surface area contributed by atoms with Gasteiger partial charge in [-0.25, -0.2) is 4.39 Å². The number of nitrogens with two attached hydrogens (primary N) is 1. The standard InChI is InChI=1S/C13H12FN3O3S/c1-7-10(14)3-9(13(15)18)4-11(7)16-5-8-2-12(17(19)20)21-6-8/h2-4,6,16H,5H2,1H3,(H2,15,18). The number of amides is 1. The minimum Gasteiger partial charge on any atom is -0.381 e. The van der Waals surface area contributed by atoms with Crippen LogP contribution in [0.25, 0.3) is 0 Å². The van der Waals surface area contributed by atoms with Crippen molar-refractivity contribution in [3.8, 4) is 0 Å². The highest BCUT2D eigenvalue weighted by Crippen LogP contribution is 2.25. The summed E-state index contributed by atoms with van der Waals surface area (Å²) < 4.78 is 13.7. The molecule has 0 saturated carbocycles. The van der Waals surface area contributed by atoms with Gasteiger partial charge >= 0.3 is 5.00 Å². The normalized spacial score (nSPS) is 10.4. The molecule has 0 unspecified atom stereocenters. The monoisotopic (exact) mass is 309 g/mol. The third kappa shape index (κ3) is 3.34. The molecule has 8 heteroatoms. The van der Waals surface area contributed by atoms with E-state index < -0.39 is 16.6 Å². The lowest BCUT2D eigenvalue weighted by molar-refractivity contribution is -0.380. The number of nitrogens with one attached hydrogen (secondary N) is 1. The molecule has 1 amide bonds. The molecule has 0 atom stereocenters. The molecular formula is C13H12FN3O3S. The number of hydrogen-bond acceptors (Lipinski definition) is 5. The zero-order valence-electron chi connectivity index (χ0n) is 11.1. The molecular weight excluding hydrogens is 297 g/mol. The molecule has 110 valence electrons. The zero-order chi connectivity index (χ0) is 15.6. The smallest absolute Gasteiger partial charge is 0.324 e. The maximum atomic E-state index is 13.7. The summed E-state index contributed by atoms with van der Waals surface area (Å²) in [6.45, 7) is 1.85. The van der Waals surface area contributed by atoms with Crippen LogP contribution in [0.15, 0.2) is 23.6 Å². The number of halogens is 1. The third-order valence-electron chi connectivity index (χ3n) is 2.93. The number of anilines is 1. The van der Waals surface area contributed by atoms with Crippen LogP contribution in [-0.2, 0) is 6.54 Å². The second-order valence-electron chi connectivity index (χ2n) is 4.40. The van der Waals surface area contributed by atoms with Gasteiger partial charge in [0.2, 0.25) is 5.91 Å². The van der Waals surface area contributed by atoms with E-state index in [9.17, 15) is 19.3 Å². The molecule has 0 aliphatic carbocycles. The zero-order valence-corrected chi connectivity index (χ0v) is 11.9. The minimum atomic E-state index is -0.719. The first kappa shape index (κ1) is 14.9. The summed E-state index contributed by atoms with van der Waals surface area (Å²) in [5, 5.41) is 15.2. The summed E-state index contributed by atoms with van der Waals surface area (Å²) in [7, 11) is 0. The largest absolute Gasteiger partial charge is 0.381 e. The van der Waals surface area contributed by atoms with Gasteiger partial charge in [-0.2, -0.15) is 0 Å². The number of thiophene rings is 1.